The highest BCUT2D eigenvalue weighted by atomic mass is 32.1. The van der Waals surface area contributed by atoms with Crippen LogP contribution >= 0.6 is 11.3 Å². The number of nitrogens with one attached hydrogen (secondary N) is 1. The number of thiophene rings is 1. The van der Waals surface area contributed by atoms with Gasteiger partial charge >= 0.3 is 6.03 Å². The Balaban J connectivity index is 1.70. The van der Waals surface area contributed by atoms with Crippen LogP contribution in [0.4, 0.5) is 9.18 Å². The topological polar surface area (TPSA) is 41.6 Å². The number of carbonyl (C=O) groups excluding carboxylic acids is 1. The summed E-state index contributed by atoms with van der Waals surface area (Å²) in [4.78, 5) is 14.7. The predicted octanol–water partition coefficient (Wildman–Crippen LogP) is 3.42. The molecule has 0 fully saturated rings. The summed E-state index contributed by atoms with van der Waals surface area (Å²) in [6, 6.07) is 7.70. The van der Waals surface area contributed by atoms with E-state index in [-0.39, 0.29) is 11.8 Å². The molecule has 6 heteroatoms. The van der Waals surface area contributed by atoms with E-state index < -0.39 is 0 Å². The number of ether oxygens (including phenoxy) is 1. The van der Waals surface area contributed by atoms with Crippen LogP contribution in [0.1, 0.15) is 10.4 Å². The quantitative estimate of drug-likeness (QED) is 0.885. The summed E-state index contributed by atoms with van der Waals surface area (Å²) in [5, 5.41) is 4.89. The number of nitrogens with zero attached hydrogens (tertiary/aromatic N) is 1. The molecule has 1 heterocycles. The molecule has 2 aromatic rings. The Morgan fingerprint density at radius 2 is 2.05 bits per heavy atom. The minimum atomic E-state index is -0.298. The van der Waals surface area contributed by atoms with Crippen LogP contribution < -0.4 is 10.1 Å². The molecule has 4 nitrogen and oxygen atoms in total. The van der Waals surface area contributed by atoms with E-state index >= 15 is 0 Å². The second-order valence-corrected chi connectivity index (χ2v) is 5.91. The number of hydrogen-bond acceptors (Lipinski definition) is 3. The number of urea groups is 1. The highest BCUT2D eigenvalue weighted by Crippen LogP contribution is 2.15. The van der Waals surface area contributed by atoms with Crippen LogP contribution in [0.15, 0.2) is 35.7 Å². The van der Waals surface area contributed by atoms with Crippen molar-refractivity contribution in [2.75, 3.05) is 20.2 Å². The zero-order chi connectivity index (χ0) is 15.9. The van der Waals surface area contributed by atoms with Gasteiger partial charge in [0.25, 0.3) is 0 Å². The zero-order valence-corrected chi connectivity index (χ0v) is 13.5. The molecule has 1 N–H and O–H groups in total. The van der Waals surface area contributed by atoms with Crippen molar-refractivity contribution in [1.29, 1.82) is 0 Å². The third-order valence-corrected chi connectivity index (χ3v) is 4.25. The van der Waals surface area contributed by atoms with Gasteiger partial charge in [0.05, 0.1) is 13.1 Å². The standard InChI is InChI=1S/C16H19FN2O2S/c1-12-7-10-22-15(12)11-18-16(20)19(2)8-9-21-14-5-3-13(17)4-6-14/h3-7,10H,8-9,11H2,1-2H3,(H,18,20). The molecule has 1 aromatic carbocycles. The Morgan fingerprint density at radius 1 is 1.32 bits per heavy atom. The Morgan fingerprint density at radius 3 is 2.68 bits per heavy atom. The second-order valence-electron chi connectivity index (χ2n) is 4.91. The molecular formula is C16H19FN2O2S. The number of amides is 2. The first kappa shape index (κ1) is 16.3. The maximum Gasteiger partial charge on any atom is 0.317 e. The van der Waals surface area contributed by atoms with Gasteiger partial charge in [-0.15, -0.1) is 11.3 Å². The summed E-state index contributed by atoms with van der Waals surface area (Å²) in [6.07, 6.45) is 0. The lowest BCUT2D eigenvalue weighted by Crippen LogP contribution is -2.39. The van der Waals surface area contributed by atoms with E-state index in [1.54, 1.807) is 35.4 Å². The number of carbonyl (C=O) groups is 1. The van der Waals surface area contributed by atoms with E-state index in [1.165, 1.54) is 17.7 Å². The lowest BCUT2D eigenvalue weighted by atomic mass is 10.3. The van der Waals surface area contributed by atoms with Crippen molar-refractivity contribution in [1.82, 2.24) is 10.2 Å². The summed E-state index contributed by atoms with van der Waals surface area (Å²) < 4.78 is 18.2. The number of likely N-dealkylation sites (N-methyl/N-ethyl adjacent to an activating group) is 1. The first-order valence-electron chi connectivity index (χ1n) is 6.96. The summed E-state index contributed by atoms with van der Waals surface area (Å²) in [6.45, 7) is 3.37. The highest BCUT2D eigenvalue weighted by molar-refractivity contribution is 7.10. The smallest absolute Gasteiger partial charge is 0.317 e. The Kier molecular flexibility index (Phi) is 5.77. The second kappa shape index (κ2) is 7.79. The predicted molar refractivity (Wildman–Crippen MR) is 85.8 cm³/mol. The average molecular weight is 322 g/mol. The minimum absolute atomic E-state index is 0.143. The van der Waals surface area contributed by atoms with Gasteiger partial charge in [0.2, 0.25) is 0 Å². The van der Waals surface area contributed by atoms with Crippen molar-refractivity contribution in [2.45, 2.75) is 13.5 Å². The first-order chi connectivity index (χ1) is 10.6. The van der Waals surface area contributed by atoms with E-state index in [4.69, 9.17) is 4.74 Å². The molecule has 1 aromatic heterocycles. The van der Waals surface area contributed by atoms with Gasteiger partial charge in [-0.3, -0.25) is 0 Å². The fourth-order valence-corrected chi connectivity index (χ4v) is 2.65. The van der Waals surface area contributed by atoms with Crippen LogP contribution in [0.2, 0.25) is 0 Å². The van der Waals surface area contributed by atoms with Crippen molar-refractivity contribution in [3.8, 4) is 5.75 Å². The van der Waals surface area contributed by atoms with Crippen molar-refractivity contribution in [2.24, 2.45) is 0 Å². The molecule has 2 rings (SSSR count). The summed E-state index contributed by atoms with van der Waals surface area (Å²) in [5.41, 5.74) is 1.19. The first-order valence-corrected chi connectivity index (χ1v) is 7.84. The van der Waals surface area contributed by atoms with Gasteiger partial charge in [0.15, 0.2) is 0 Å². The molecule has 2 amide bonds. The molecule has 0 radical (unpaired) electrons. The van der Waals surface area contributed by atoms with E-state index in [2.05, 4.69) is 5.32 Å². The molecule has 0 aliphatic heterocycles. The lowest BCUT2D eigenvalue weighted by Gasteiger charge is -2.18. The Bertz CT molecular complexity index is 613. The van der Waals surface area contributed by atoms with Crippen LogP contribution in [0.3, 0.4) is 0 Å². The number of hydrogen-bond donors (Lipinski definition) is 1. The molecule has 22 heavy (non-hydrogen) atoms. The molecule has 0 saturated heterocycles. The molecule has 0 bridgehead atoms. The molecule has 0 aliphatic rings. The fraction of sp³-hybridized carbons (Fsp3) is 0.312. The van der Waals surface area contributed by atoms with Gasteiger partial charge in [-0.25, -0.2) is 9.18 Å². The zero-order valence-electron chi connectivity index (χ0n) is 12.6. The van der Waals surface area contributed by atoms with Gasteiger partial charge in [0, 0.05) is 11.9 Å². The van der Waals surface area contributed by atoms with Gasteiger partial charge < -0.3 is 15.0 Å². The van der Waals surface area contributed by atoms with E-state index in [1.807, 2.05) is 18.4 Å². The van der Waals surface area contributed by atoms with Crippen LogP contribution in [-0.2, 0) is 6.54 Å². The van der Waals surface area contributed by atoms with E-state index in [0.717, 1.165) is 4.88 Å². The monoisotopic (exact) mass is 322 g/mol. The van der Waals surface area contributed by atoms with Crippen LogP contribution in [0.5, 0.6) is 5.75 Å². The summed E-state index contributed by atoms with van der Waals surface area (Å²) in [5.74, 6) is 0.289. The van der Waals surface area contributed by atoms with Gasteiger partial charge in [-0.1, -0.05) is 0 Å². The maximum absolute atomic E-state index is 12.8. The van der Waals surface area contributed by atoms with Crippen molar-refractivity contribution < 1.29 is 13.9 Å². The van der Waals surface area contributed by atoms with Gasteiger partial charge in [-0.05, 0) is 48.2 Å². The van der Waals surface area contributed by atoms with Crippen LogP contribution in [0.25, 0.3) is 0 Å². The fourth-order valence-electron chi connectivity index (χ4n) is 1.81. The Hall–Kier alpha value is -2.08. The highest BCUT2D eigenvalue weighted by Gasteiger charge is 2.09. The lowest BCUT2D eigenvalue weighted by molar-refractivity contribution is 0.195. The molecule has 118 valence electrons. The van der Waals surface area contributed by atoms with Crippen LogP contribution in [0, 0.1) is 12.7 Å². The Labute approximate surface area is 133 Å². The van der Waals surface area contributed by atoms with Crippen molar-refractivity contribution in [3.63, 3.8) is 0 Å². The largest absolute Gasteiger partial charge is 0.492 e. The molecule has 0 spiro atoms. The normalized spacial score (nSPS) is 10.3. The number of rotatable bonds is 6. The number of halogens is 1. The minimum Gasteiger partial charge on any atom is -0.492 e. The number of benzene rings is 1. The summed E-state index contributed by atoms with van der Waals surface area (Å²) >= 11 is 1.63. The average Bonchev–Trinajstić information content (AvgIpc) is 2.92. The third-order valence-electron chi connectivity index (χ3n) is 3.22. The van der Waals surface area contributed by atoms with Gasteiger partial charge in [0.1, 0.15) is 18.2 Å². The summed E-state index contributed by atoms with van der Waals surface area (Å²) in [7, 11) is 1.71. The molecular weight excluding hydrogens is 303 g/mol. The van der Waals surface area contributed by atoms with Crippen LogP contribution in [-0.4, -0.2) is 31.1 Å². The molecule has 0 atom stereocenters. The number of aryl methyl sites for hydroxylation is 1. The third kappa shape index (κ3) is 4.73. The van der Waals surface area contributed by atoms with Crippen molar-refractivity contribution >= 4 is 17.4 Å². The van der Waals surface area contributed by atoms with Gasteiger partial charge in [-0.2, -0.15) is 0 Å². The molecule has 0 aliphatic carbocycles. The van der Waals surface area contributed by atoms with Crippen molar-refractivity contribution in [3.05, 3.63) is 52.0 Å². The maximum atomic E-state index is 12.8. The molecule has 0 saturated carbocycles. The van der Waals surface area contributed by atoms with E-state index in [0.29, 0.717) is 25.4 Å². The SMILES string of the molecule is Cc1ccsc1CNC(=O)N(C)CCOc1ccc(F)cc1. The van der Waals surface area contributed by atoms with E-state index in [9.17, 15) is 9.18 Å². The molecule has 0 unspecified atom stereocenters.